The maximum atomic E-state index is 12.4. The number of aryl methyl sites for hydroxylation is 2. The maximum absolute atomic E-state index is 12.4. The number of rotatable bonds is 5. The Morgan fingerprint density at radius 3 is 2.48 bits per heavy atom. The van der Waals surface area contributed by atoms with E-state index in [9.17, 15) is 4.79 Å². The number of benzene rings is 2. The molecule has 0 aliphatic heterocycles. The van der Waals surface area contributed by atoms with Gasteiger partial charge in [0.25, 0.3) is 0 Å². The molecule has 0 aromatic heterocycles. The SMILES string of the molecule is Cc1ccc(CC(=O)c2cccc(OC(C)C)c2)cc1C. The number of hydrogen-bond donors (Lipinski definition) is 0. The number of Topliss-reactive ketones (excluding diaryl/α,β-unsaturated/α-hetero) is 1. The molecule has 21 heavy (non-hydrogen) atoms. The van der Waals surface area contributed by atoms with Gasteiger partial charge in [0, 0.05) is 12.0 Å². The molecule has 0 heterocycles. The van der Waals surface area contributed by atoms with E-state index in [2.05, 4.69) is 26.0 Å². The van der Waals surface area contributed by atoms with Crippen LogP contribution in [0.5, 0.6) is 5.75 Å². The van der Waals surface area contributed by atoms with Crippen LogP contribution < -0.4 is 4.74 Å². The third-order valence-corrected chi connectivity index (χ3v) is 3.46. The Bertz CT molecular complexity index is 642. The Balaban J connectivity index is 2.14. The zero-order valence-corrected chi connectivity index (χ0v) is 13.1. The van der Waals surface area contributed by atoms with Crippen molar-refractivity contribution in [2.24, 2.45) is 0 Å². The van der Waals surface area contributed by atoms with Gasteiger partial charge in [-0.05, 0) is 56.5 Å². The minimum absolute atomic E-state index is 0.107. The summed E-state index contributed by atoms with van der Waals surface area (Å²) in [6.45, 7) is 8.10. The third-order valence-electron chi connectivity index (χ3n) is 3.46. The van der Waals surface area contributed by atoms with Crippen LogP contribution in [-0.4, -0.2) is 11.9 Å². The van der Waals surface area contributed by atoms with E-state index in [1.54, 1.807) is 0 Å². The first-order valence-electron chi connectivity index (χ1n) is 7.32. The van der Waals surface area contributed by atoms with Crippen molar-refractivity contribution < 1.29 is 9.53 Å². The molecule has 0 spiro atoms. The van der Waals surface area contributed by atoms with Crippen molar-refractivity contribution in [1.82, 2.24) is 0 Å². The summed E-state index contributed by atoms with van der Waals surface area (Å²) in [6.07, 6.45) is 0.529. The summed E-state index contributed by atoms with van der Waals surface area (Å²) in [7, 11) is 0. The second kappa shape index (κ2) is 6.57. The summed E-state index contributed by atoms with van der Waals surface area (Å²) >= 11 is 0. The van der Waals surface area contributed by atoms with Gasteiger partial charge < -0.3 is 4.74 Å². The van der Waals surface area contributed by atoms with E-state index in [1.807, 2.05) is 44.2 Å². The van der Waals surface area contributed by atoms with Crippen molar-refractivity contribution in [2.45, 2.75) is 40.2 Å². The van der Waals surface area contributed by atoms with Crippen LogP contribution in [0.4, 0.5) is 0 Å². The van der Waals surface area contributed by atoms with E-state index >= 15 is 0 Å². The zero-order chi connectivity index (χ0) is 15.4. The van der Waals surface area contributed by atoms with Crippen LogP contribution in [0.25, 0.3) is 0 Å². The standard InChI is InChI=1S/C19H22O2/c1-13(2)21-18-7-5-6-17(12-18)19(20)11-16-9-8-14(3)15(4)10-16/h5-10,12-13H,11H2,1-4H3. The van der Waals surface area contributed by atoms with Gasteiger partial charge in [0.2, 0.25) is 0 Å². The average Bonchev–Trinajstić information content (AvgIpc) is 2.42. The van der Waals surface area contributed by atoms with Crippen molar-refractivity contribution >= 4 is 5.78 Å². The number of carbonyl (C=O) groups excluding carboxylic acids is 1. The lowest BCUT2D eigenvalue weighted by Gasteiger charge is -2.11. The van der Waals surface area contributed by atoms with Gasteiger partial charge in [0.1, 0.15) is 5.75 Å². The number of ketones is 1. The minimum Gasteiger partial charge on any atom is -0.491 e. The molecule has 0 atom stereocenters. The molecule has 0 aliphatic carbocycles. The predicted molar refractivity (Wildman–Crippen MR) is 86.2 cm³/mol. The molecule has 2 nitrogen and oxygen atoms in total. The average molecular weight is 282 g/mol. The minimum atomic E-state index is 0.107. The Hall–Kier alpha value is -2.09. The largest absolute Gasteiger partial charge is 0.491 e. The van der Waals surface area contributed by atoms with Gasteiger partial charge in [0.15, 0.2) is 5.78 Å². The topological polar surface area (TPSA) is 26.3 Å². The van der Waals surface area contributed by atoms with Crippen molar-refractivity contribution in [2.75, 3.05) is 0 Å². The molecule has 0 radical (unpaired) electrons. The van der Waals surface area contributed by atoms with E-state index < -0.39 is 0 Å². The van der Waals surface area contributed by atoms with Crippen LogP contribution >= 0.6 is 0 Å². The first kappa shape index (κ1) is 15.3. The van der Waals surface area contributed by atoms with Crippen LogP contribution in [0.15, 0.2) is 42.5 Å². The predicted octanol–water partition coefficient (Wildman–Crippen LogP) is 4.52. The molecular weight excluding hydrogens is 260 g/mol. The fraction of sp³-hybridized carbons (Fsp3) is 0.316. The molecule has 2 aromatic rings. The molecule has 0 unspecified atom stereocenters. The highest BCUT2D eigenvalue weighted by Crippen LogP contribution is 2.17. The molecule has 0 saturated carbocycles. The number of ether oxygens (including phenoxy) is 1. The van der Waals surface area contributed by atoms with Crippen molar-refractivity contribution in [3.05, 3.63) is 64.7 Å². The van der Waals surface area contributed by atoms with Crippen LogP contribution in [0.2, 0.25) is 0 Å². The highest BCUT2D eigenvalue weighted by molar-refractivity contribution is 5.97. The quantitative estimate of drug-likeness (QED) is 0.754. The van der Waals surface area contributed by atoms with E-state index in [4.69, 9.17) is 4.74 Å². The van der Waals surface area contributed by atoms with E-state index in [0.29, 0.717) is 12.0 Å². The van der Waals surface area contributed by atoms with Crippen molar-refractivity contribution in [3.63, 3.8) is 0 Å². The van der Waals surface area contributed by atoms with Crippen molar-refractivity contribution in [1.29, 1.82) is 0 Å². The smallest absolute Gasteiger partial charge is 0.167 e. The van der Waals surface area contributed by atoms with Gasteiger partial charge in [-0.25, -0.2) is 0 Å². The molecule has 2 aromatic carbocycles. The number of hydrogen-bond acceptors (Lipinski definition) is 2. The van der Waals surface area contributed by atoms with Gasteiger partial charge >= 0.3 is 0 Å². The first-order chi connectivity index (χ1) is 9.95. The molecule has 0 amide bonds. The van der Waals surface area contributed by atoms with Crippen LogP contribution in [0, 0.1) is 13.8 Å². The highest BCUT2D eigenvalue weighted by atomic mass is 16.5. The van der Waals surface area contributed by atoms with Gasteiger partial charge in [-0.1, -0.05) is 30.3 Å². The third kappa shape index (κ3) is 4.19. The van der Waals surface area contributed by atoms with Gasteiger partial charge in [-0.3, -0.25) is 4.79 Å². The maximum Gasteiger partial charge on any atom is 0.167 e. The van der Waals surface area contributed by atoms with E-state index in [-0.39, 0.29) is 11.9 Å². The normalized spacial score (nSPS) is 10.7. The Morgan fingerprint density at radius 1 is 1.05 bits per heavy atom. The van der Waals surface area contributed by atoms with Gasteiger partial charge in [0.05, 0.1) is 6.10 Å². The van der Waals surface area contributed by atoms with Crippen LogP contribution in [0.3, 0.4) is 0 Å². The summed E-state index contributed by atoms with van der Waals surface area (Å²) < 4.78 is 5.64. The van der Waals surface area contributed by atoms with Crippen LogP contribution in [0.1, 0.15) is 40.9 Å². The molecule has 0 bridgehead atoms. The summed E-state index contributed by atoms with van der Waals surface area (Å²) in [5.74, 6) is 0.864. The summed E-state index contributed by atoms with van der Waals surface area (Å²) in [5, 5.41) is 0. The van der Waals surface area contributed by atoms with Crippen LogP contribution in [-0.2, 0) is 6.42 Å². The molecular formula is C19H22O2. The second-order valence-corrected chi connectivity index (χ2v) is 5.71. The highest BCUT2D eigenvalue weighted by Gasteiger charge is 2.09. The molecule has 2 heteroatoms. The molecule has 0 saturated heterocycles. The van der Waals surface area contributed by atoms with Gasteiger partial charge in [-0.2, -0.15) is 0 Å². The van der Waals surface area contributed by atoms with E-state index in [0.717, 1.165) is 11.3 Å². The second-order valence-electron chi connectivity index (χ2n) is 5.71. The summed E-state index contributed by atoms with van der Waals surface area (Å²) in [4.78, 5) is 12.4. The Labute approximate surface area is 126 Å². The molecule has 110 valence electrons. The number of carbonyl (C=O) groups is 1. The molecule has 0 aliphatic rings. The fourth-order valence-corrected chi connectivity index (χ4v) is 2.22. The monoisotopic (exact) mass is 282 g/mol. The van der Waals surface area contributed by atoms with Crippen molar-refractivity contribution in [3.8, 4) is 5.75 Å². The van der Waals surface area contributed by atoms with E-state index in [1.165, 1.54) is 11.1 Å². The Morgan fingerprint density at radius 2 is 1.81 bits per heavy atom. The lowest BCUT2D eigenvalue weighted by atomic mass is 9.99. The molecule has 0 N–H and O–H groups in total. The zero-order valence-electron chi connectivity index (χ0n) is 13.1. The lowest BCUT2D eigenvalue weighted by molar-refractivity contribution is 0.0992. The molecule has 2 rings (SSSR count). The molecule has 0 fully saturated rings. The van der Waals surface area contributed by atoms with Gasteiger partial charge in [-0.15, -0.1) is 0 Å². The summed E-state index contributed by atoms with van der Waals surface area (Å²) in [5.41, 5.74) is 4.22. The summed E-state index contributed by atoms with van der Waals surface area (Å²) in [6, 6.07) is 13.6. The first-order valence-corrected chi connectivity index (χ1v) is 7.32. The fourth-order valence-electron chi connectivity index (χ4n) is 2.22. The Kier molecular flexibility index (Phi) is 4.79. The lowest BCUT2D eigenvalue weighted by Crippen LogP contribution is -2.08.